The number of methoxy groups -OCH3 is 2. The summed E-state index contributed by atoms with van der Waals surface area (Å²) in [5.41, 5.74) is 2.01. The van der Waals surface area contributed by atoms with Crippen LogP contribution in [0.1, 0.15) is 45.1 Å². The van der Waals surface area contributed by atoms with Crippen LogP contribution in [0.25, 0.3) is 0 Å². The summed E-state index contributed by atoms with van der Waals surface area (Å²) in [5.74, 6) is 1.45. The summed E-state index contributed by atoms with van der Waals surface area (Å²) in [6, 6.07) is 13.6. The molecule has 2 aromatic carbocycles. The van der Waals surface area contributed by atoms with E-state index in [1.54, 1.807) is 13.3 Å². The zero-order valence-corrected chi connectivity index (χ0v) is 18.5. The molecule has 156 valence electrons. The van der Waals surface area contributed by atoms with Crippen LogP contribution in [0.3, 0.4) is 0 Å². The van der Waals surface area contributed by atoms with Crippen molar-refractivity contribution >= 4 is 28.9 Å². The minimum absolute atomic E-state index is 0.119. The van der Waals surface area contributed by atoms with E-state index in [1.165, 1.54) is 18.4 Å². The Bertz CT molecular complexity index is 1070. The average molecular weight is 444 g/mol. The molecule has 1 aromatic heterocycles. The molecule has 30 heavy (non-hydrogen) atoms. The normalized spacial score (nSPS) is 19.9. The van der Waals surface area contributed by atoms with Crippen molar-refractivity contribution in [3.8, 4) is 11.5 Å². The Morgan fingerprint density at radius 2 is 1.93 bits per heavy atom. The lowest BCUT2D eigenvalue weighted by atomic mass is 10.0. The van der Waals surface area contributed by atoms with Crippen LogP contribution in [0.4, 0.5) is 0 Å². The van der Waals surface area contributed by atoms with Gasteiger partial charge in [-0.15, -0.1) is 11.3 Å². The second-order valence-corrected chi connectivity index (χ2v) is 8.95. The molecule has 1 heterocycles. The molecule has 0 N–H and O–H groups in total. The summed E-state index contributed by atoms with van der Waals surface area (Å²) in [6.07, 6.45) is 2.52. The van der Waals surface area contributed by atoms with Gasteiger partial charge in [-0.3, -0.25) is 0 Å². The van der Waals surface area contributed by atoms with E-state index >= 15 is 0 Å². The fourth-order valence-corrected chi connectivity index (χ4v) is 4.90. The third-order valence-corrected chi connectivity index (χ3v) is 7.11. The minimum Gasteiger partial charge on any atom is -0.497 e. The monoisotopic (exact) mass is 443 g/mol. The molecule has 0 bridgehead atoms. The fourth-order valence-electron chi connectivity index (χ4n) is 3.56. The number of hydrogen-bond acceptors (Lipinski definition) is 6. The summed E-state index contributed by atoms with van der Waals surface area (Å²) in [6.45, 7) is 2.61. The number of carbonyl (C=O) groups is 1. The van der Waals surface area contributed by atoms with Crippen molar-refractivity contribution in [1.29, 1.82) is 0 Å². The first kappa shape index (κ1) is 20.7. The van der Waals surface area contributed by atoms with Gasteiger partial charge in [0, 0.05) is 10.4 Å². The first-order valence-electron chi connectivity index (χ1n) is 9.54. The highest BCUT2D eigenvalue weighted by Gasteiger charge is 2.54. The van der Waals surface area contributed by atoms with Crippen molar-refractivity contribution in [2.24, 2.45) is 0 Å². The van der Waals surface area contributed by atoms with Crippen LogP contribution < -0.4 is 9.47 Å². The number of rotatable bonds is 7. The van der Waals surface area contributed by atoms with Crippen LogP contribution in [0, 0.1) is 0 Å². The largest absolute Gasteiger partial charge is 0.497 e. The van der Waals surface area contributed by atoms with Gasteiger partial charge in [0.1, 0.15) is 23.0 Å². The van der Waals surface area contributed by atoms with Gasteiger partial charge in [-0.25, -0.2) is 9.78 Å². The average Bonchev–Trinajstić information content (AvgIpc) is 3.21. The first-order valence-corrected chi connectivity index (χ1v) is 10.7. The summed E-state index contributed by atoms with van der Waals surface area (Å²) in [5, 5.41) is 1.62. The number of nitrogens with zero attached hydrogens (tertiary/aromatic N) is 1. The highest BCUT2D eigenvalue weighted by Crippen LogP contribution is 2.62. The van der Waals surface area contributed by atoms with E-state index in [-0.39, 0.29) is 17.3 Å². The number of hydrogen-bond donors (Lipinski definition) is 0. The number of ether oxygens (including phenoxy) is 3. The third-order valence-electron chi connectivity index (χ3n) is 5.53. The number of benzene rings is 2. The maximum atomic E-state index is 11.7. The zero-order chi connectivity index (χ0) is 21.3. The second-order valence-electron chi connectivity index (χ2n) is 7.52. The molecule has 4 rings (SSSR count). The second kappa shape index (κ2) is 8.28. The Morgan fingerprint density at radius 1 is 1.20 bits per heavy atom. The van der Waals surface area contributed by atoms with Gasteiger partial charge in [-0.2, -0.15) is 0 Å². The van der Waals surface area contributed by atoms with Gasteiger partial charge in [-0.05, 0) is 47.7 Å². The van der Waals surface area contributed by atoms with E-state index in [4.69, 9.17) is 25.8 Å². The predicted molar refractivity (Wildman–Crippen MR) is 117 cm³/mol. The zero-order valence-electron chi connectivity index (χ0n) is 17.0. The number of thiazole rings is 1. The van der Waals surface area contributed by atoms with Crippen molar-refractivity contribution in [2.75, 3.05) is 14.2 Å². The van der Waals surface area contributed by atoms with Crippen molar-refractivity contribution < 1.29 is 19.0 Å². The molecule has 0 radical (unpaired) electrons. The summed E-state index contributed by atoms with van der Waals surface area (Å²) < 4.78 is 15.8. The highest BCUT2D eigenvalue weighted by molar-refractivity contribution is 7.13. The molecule has 2 atom stereocenters. The van der Waals surface area contributed by atoms with Crippen LogP contribution in [0.2, 0.25) is 5.02 Å². The Kier molecular flexibility index (Phi) is 5.71. The molecule has 0 aliphatic heterocycles. The maximum Gasteiger partial charge on any atom is 0.349 e. The number of esters is 1. The van der Waals surface area contributed by atoms with Crippen molar-refractivity contribution in [3.63, 3.8) is 0 Å². The molecule has 1 aliphatic carbocycles. The Morgan fingerprint density at radius 3 is 2.60 bits per heavy atom. The first-order chi connectivity index (χ1) is 14.4. The van der Waals surface area contributed by atoms with Gasteiger partial charge in [-0.1, -0.05) is 36.7 Å². The topological polar surface area (TPSA) is 57.7 Å². The van der Waals surface area contributed by atoms with Crippen LogP contribution in [-0.4, -0.2) is 25.2 Å². The Hall–Kier alpha value is -2.57. The molecular weight excluding hydrogens is 422 g/mol. The molecule has 1 aliphatic rings. The van der Waals surface area contributed by atoms with E-state index in [1.807, 2.05) is 42.5 Å². The van der Waals surface area contributed by atoms with Gasteiger partial charge in [0.25, 0.3) is 0 Å². The quantitative estimate of drug-likeness (QED) is 0.444. The minimum atomic E-state index is -0.351. The van der Waals surface area contributed by atoms with Crippen LogP contribution in [0.5, 0.6) is 11.5 Å². The molecule has 5 nitrogen and oxygen atoms in total. The molecule has 0 spiro atoms. The van der Waals surface area contributed by atoms with Gasteiger partial charge >= 0.3 is 5.97 Å². The summed E-state index contributed by atoms with van der Waals surface area (Å²) in [7, 11) is 3.02. The van der Waals surface area contributed by atoms with Gasteiger partial charge in [0.05, 0.1) is 25.4 Å². The molecule has 3 aromatic rings. The standard InChI is InChI=1S/C23H22ClNO4S/c1-23(22-25-12-20(30-22)21(26)28-3)11-18(23)17-9-8-16(10-19(17)24)29-13-14-4-6-15(27-2)7-5-14/h4-10,12,18H,11,13H2,1-3H3. The highest BCUT2D eigenvalue weighted by atomic mass is 35.5. The molecule has 0 amide bonds. The van der Waals surface area contributed by atoms with Crippen molar-refractivity contribution in [2.45, 2.75) is 31.3 Å². The third kappa shape index (κ3) is 4.02. The van der Waals surface area contributed by atoms with E-state index in [0.717, 1.165) is 34.1 Å². The number of halogens is 1. The maximum absolute atomic E-state index is 11.7. The van der Waals surface area contributed by atoms with E-state index in [0.29, 0.717) is 16.5 Å². The Labute approximate surface area is 184 Å². The number of aromatic nitrogens is 1. The van der Waals surface area contributed by atoms with Crippen molar-refractivity contribution in [1.82, 2.24) is 4.98 Å². The van der Waals surface area contributed by atoms with Gasteiger partial charge in [0.2, 0.25) is 0 Å². The van der Waals surface area contributed by atoms with E-state index in [9.17, 15) is 4.79 Å². The summed E-state index contributed by atoms with van der Waals surface area (Å²) >= 11 is 7.98. The van der Waals surface area contributed by atoms with Crippen LogP contribution in [0.15, 0.2) is 48.7 Å². The molecular formula is C23H22ClNO4S. The van der Waals surface area contributed by atoms with Gasteiger partial charge < -0.3 is 14.2 Å². The Balaban J connectivity index is 1.43. The van der Waals surface area contributed by atoms with Crippen LogP contribution >= 0.6 is 22.9 Å². The van der Waals surface area contributed by atoms with Crippen LogP contribution in [-0.2, 0) is 16.8 Å². The smallest absolute Gasteiger partial charge is 0.349 e. The molecule has 0 saturated heterocycles. The lowest BCUT2D eigenvalue weighted by Gasteiger charge is -2.12. The molecule has 1 saturated carbocycles. The van der Waals surface area contributed by atoms with Gasteiger partial charge in [0.15, 0.2) is 0 Å². The lowest BCUT2D eigenvalue weighted by molar-refractivity contribution is 0.0606. The lowest BCUT2D eigenvalue weighted by Crippen LogP contribution is -2.03. The number of carbonyl (C=O) groups excluding carboxylic acids is 1. The molecule has 1 fully saturated rings. The van der Waals surface area contributed by atoms with E-state index < -0.39 is 0 Å². The van der Waals surface area contributed by atoms with Crippen molar-refractivity contribution in [3.05, 3.63) is 74.7 Å². The SMILES string of the molecule is COC(=O)c1cnc(C2(C)CC2c2ccc(OCc3ccc(OC)cc3)cc2Cl)s1. The fraction of sp³-hybridized carbons (Fsp3) is 0.304. The molecule has 7 heteroatoms. The molecule has 2 unspecified atom stereocenters. The predicted octanol–water partition coefficient (Wildman–Crippen LogP) is 5.62. The van der Waals surface area contributed by atoms with E-state index in [2.05, 4.69) is 11.9 Å². The summed E-state index contributed by atoms with van der Waals surface area (Å²) in [4.78, 5) is 16.7.